The van der Waals surface area contributed by atoms with E-state index in [0.717, 1.165) is 19.4 Å². The van der Waals surface area contributed by atoms with Gasteiger partial charge in [0, 0.05) is 43.2 Å². The molecular weight excluding hydrogens is 362 g/mol. The Bertz CT molecular complexity index is 996. The molecular formula is C24H27N3O2. The van der Waals surface area contributed by atoms with Crippen molar-refractivity contribution in [2.75, 3.05) is 6.54 Å². The fourth-order valence-corrected chi connectivity index (χ4v) is 4.26. The lowest BCUT2D eigenvalue weighted by Crippen LogP contribution is -2.44. The number of nitrogens with zero attached hydrogens (tertiary/aromatic N) is 1. The van der Waals surface area contributed by atoms with Gasteiger partial charge in [0.2, 0.25) is 11.8 Å². The van der Waals surface area contributed by atoms with Crippen molar-refractivity contribution in [3.63, 3.8) is 0 Å². The maximum atomic E-state index is 12.4. The molecule has 2 N–H and O–H groups in total. The summed E-state index contributed by atoms with van der Waals surface area (Å²) in [4.78, 5) is 24.3. The van der Waals surface area contributed by atoms with E-state index in [-0.39, 0.29) is 17.4 Å². The lowest BCUT2D eigenvalue weighted by Gasteiger charge is -2.29. The van der Waals surface area contributed by atoms with Gasteiger partial charge in [0.25, 0.3) is 0 Å². The van der Waals surface area contributed by atoms with Crippen molar-refractivity contribution in [3.8, 4) is 0 Å². The second kappa shape index (κ2) is 8.52. The first-order valence-corrected chi connectivity index (χ1v) is 10.3. The molecule has 0 radical (unpaired) electrons. The molecule has 2 amide bonds. The molecule has 1 aliphatic rings. The molecule has 2 aromatic carbocycles. The Labute approximate surface area is 171 Å². The van der Waals surface area contributed by atoms with Crippen LogP contribution in [0.2, 0.25) is 0 Å². The fraction of sp³-hybridized carbons (Fsp3) is 0.333. The Kier molecular flexibility index (Phi) is 5.65. The minimum Gasteiger partial charge on any atom is -0.354 e. The average molecular weight is 389 g/mol. The van der Waals surface area contributed by atoms with Crippen LogP contribution in [0.3, 0.4) is 0 Å². The highest BCUT2D eigenvalue weighted by Gasteiger charge is 2.37. The number of amides is 2. The van der Waals surface area contributed by atoms with Crippen molar-refractivity contribution in [2.24, 2.45) is 0 Å². The van der Waals surface area contributed by atoms with E-state index in [9.17, 15) is 9.59 Å². The van der Waals surface area contributed by atoms with Crippen LogP contribution in [0.5, 0.6) is 0 Å². The predicted molar refractivity (Wildman–Crippen MR) is 114 cm³/mol. The molecule has 4 rings (SSSR count). The number of benzene rings is 2. The molecule has 1 aliphatic heterocycles. The van der Waals surface area contributed by atoms with Gasteiger partial charge in [-0.05, 0) is 42.3 Å². The zero-order chi connectivity index (χ0) is 20.1. The molecule has 1 fully saturated rings. The molecule has 29 heavy (non-hydrogen) atoms. The second-order valence-corrected chi connectivity index (χ2v) is 7.91. The van der Waals surface area contributed by atoms with Gasteiger partial charge in [0.15, 0.2) is 0 Å². The Hall–Kier alpha value is -3.08. The molecule has 1 saturated heterocycles. The summed E-state index contributed by atoms with van der Waals surface area (Å²) >= 11 is 0. The summed E-state index contributed by atoms with van der Waals surface area (Å²) in [6, 6.07) is 20.5. The SMILES string of the molecule is O=C(CC[C@]1(Cc2ccccc2)CCC(=O)N1)NCCn1ccc2ccccc21. The molecule has 0 spiro atoms. The molecule has 2 heterocycles. The van der Waals surface area contributed by atoms with Crippen LogP contribution in [0.4, 0.5) is 0 Å². The van der Waals surface area contributed by atoms with Gasteiger partial charge in [-0.25, -0.2) is 0 Å². The molecule has 1 atom stereocenters. The normalized spacial score (nSPS) is 18.7. The van der Waals surface area contributed by atoms with Crippen LogP contribution in [-0.2, 0) is 22.6 Å². The van der Waals surface area contributed by atoms with Gasteiger partial charge in [0.1, 0.15) is 0 Å². The zero-order valence-corrected chi connectivity index (χ0v) is 16.6. The lowest BCUT2D eigenvalue weighted by molar-refractivity contribution is -0.122. The van der Waals surface area contributed by atoms with Crippen LogP contribution >= 0.6 is 0 Å². The van der Waals surface area contributed by atoms with E-state index < -0.39 is 0 Å². The number of carbonyl (C=O) groups excluding carboxylic acids is 2. The first-order valence-electron chi connectivity index (χ1n) is 10.3. The van der Waals surface area contributed by atoms with Crippen LogP contribution in [0, 0.1) is 0 Å². The number of para-hydroxylation sites is 1. The van der Waals surface area contributed by atoms with E-state index >= 15 is 0 Å². The quantitative estimate of drug-likeness (QED) is 0.620. The standard InChI is InChI=1S/C24H27N3O2/c28-22(25-15-17-27-16-12-20-8-4-5-9-21(20)27)10-13-24(14-11-23(29)26-24)18-19-6-2-1-3-7-19/h1-9,12,16H,10-11,13-15,17-18H2,(H,25,28)(H,26,29)/t24-/m1/s1. The molecule has 0 aliphatic carbocycles. The molecule has 0 bridgehead atoms. The first kappa shape index (κ1) is 19.2. The number of rotatable bonds is 8. The largest absolute Gasteiger partial charge is 0.354 e. The maximum absolute atomic E-state index is 12.4. The molecule has 3 aromatic rings. The Balaban J connectivity index is 1.29. The molecule has 0 unspecified atom stereocenters. The van der Waals surface area contributed by atoms with Gasteiger partial charge in [-0.1, -0.05) is 48.5 Å². The zero-order valence-electron chi connectivity index (χ0n) is 16.6. The number of hydrogen-bond donors (Lipinski definition) is 2. The number of fused-ring (bicyclic) bond motifs is 1. The molecule has 5 heteroatoms. The van der Waals surface area contributed by atoms with E-state index in [4.69, 9.17) is 0 Å². The predicted octanol–water partition coefficient (Wildman–Crippen LogP) is 3.43. The minimum atomic E-state index is -0.313. The van der Waals surface area contributed by atoms with Crippen LogP contribution in [0.25, 0.3) is 10.9 Å². The van der Waals surface area contributed by atoms with E-state index in [1.165, 1.54) is 16.5 Å². The minimum absolute atomic E-state index is 0.0371. The van der Waals surface area contributed by atoms with Crippen molar-refractivity contribution in [1.29, 1.82) is 0 Å². The molecule has 150 valence electrons. The molecule has 0 saturated carbocycles. The summed E-state index contributed by atoms with van der Waals surface area (Å²) in [6.45, 7) is 1.33. The van der Waals surface area contributed by atoms with Crippen molar-refractivity contribution in [1.82, 2.24) is 15.2 Å². The maximum Gasteiger partial charge on any atom is 0.220 e. The smallest absolute Gasteiger partial charge is 0.220 e. The number of nitrogens with one attached hydrogen (secondary N) is 2. The summed E-state index contributed by atoms with van der Waals surface area (Å²) in [6.07, 6.45) is 5.21. The summed E-state index contributed by atoms with van der Waals surface area (Å²) in [7, 11) is 0. The molecule has 1 aromatic heterocycles. The first-order chi connectivity index (χ1) is 14.1. The number of hydrogen-bond acceptors (Lipinski definition) is 2. The second-order valence-electron chi connectivity index (χ2n) is 7.91. The third kappa shape index (κ3) is 4.67. The Morgan fingerprint density at radius 3 is 2.66 bits per heavy atom. The number of carbonyl (C=O) groups is 2. The summed E-state index contributed by atoms with van der Waals surface area (Å²) in [5.74, 6) is 0.121. The highest BCUT2D eigenvalue weighted by atomic mass is 16.2. The summed E-state index contributed by atoms with van der Waals surface area (Å²) < 4.78 is 2.16. The highest BCUT2D eigenvalue weighted by Crippen LogP contribution is 2.29. The van der Waals surface area contributed by atoms with Crippen molar-refractivity contribution >= 4 is 22.7 Å². The van der Waals surface area contributed by atoms with E-state index in [1.807, 2.05) is 30.3 Å². The number of aromatic nitrogens is 1. The lowest BCUT2D eigenvalue weighted by atomic mass is 9.85. The van der Waals surface area contributed by atoms with Gasteiger partial charge < -0.3 is 15.2 Å². The van der Waals surface area contributed by atoms with E-state index in [1.54, 1.807) is 0 Å². The van der Waals surface area contributed by atoms with E-state index in [0.29, 0.717) is 25.8 Å². The summed E-state index contributed by atoms with van der Waals surface area (Å²) in [5, 5.41) is 7.38. The van der Waals surface area contributed by atoms with Gasteiger partial charge in [-0.15, -0.1) is 0 Å². The topological polar surface area (TPSA) is 63.1 Å². The summed E-state index contributed by atoms with van der Waals surface area (Å²) in [5.41, 5.74) is 2.05. The fourth-order valence-electron chi connectivity index (χ4n) is 4.26. The van der Waals surface area contributed by atoms with E-state index in [2.05, 4.69) is 51.7 Å². The Morgan fingerprint density at radius 1 is 1.07 bits per heavy atom. The van der Waals surface area contributed by atoms with Crippen LogP contribution in [0.1, 0.15) is 31.2 Å². The monoisotopic (exact) mass is 389 g/mol. The van der Waals surface area contributed by atoms with Gasteiger partial charge in [0.05, 0.1) is 0 Å². The Morgan fingerprint density at radius 2 is 1.86 bits per heavy atom. The van der Waals surface area contributed by atoms with Crippen molar-refractivity contribution in [2.45, 2.75) is 44.2 Å². The third-order valence-electron chi connectivity index (χ3n) is 5.81. The van der Waals surface area contributed by atoms with Crippen molar-refractivity contribution in [3.05, 3.63) is 72.4 Å². The van der Waals surface area contributed by atoms with Crippen LogP contribution in [0.15, 0.2) is 66.9 Å². The molecule has 5 nitrogen and oxygen atoms in total. The van der Waals surface area contributed by atoms with Gasteiger partial charge in [-0.3, -0.25) is 9.59 Å². The van der Waals surface area contributed by atoms with Crippen LogP contribution in [-0.4, -0.2) is 28.5 Å². The average Bonchev–Trinajstić information content (AvgIpc) is 3.31. The third-order valence-corrected chi connectivity index (χ3v) is 5.81. The van der Waals surface area contributed by atoms with Crippen LogP contribution < -0.4 is 10.6 Å². The van der Waals surface area contributed by atoms with Gasteiger partial charge >= 0.3 is 0 Å². The van der Waals surface area contributed by atoms with Gasteiger partial charge in [-0.2, -0.15) is 0 Å². The van der Waals surface area contributed by atoms with Crippen molar-refractivity contribution < 1.29 is 9.59 Å². The highest BCUT2D eigenvalue weighted by molar-refractivity contribution is 5.81.